The highest BCUT2D eigenvalue weighted by Crippen LogP contribution is 2.06. The highest BCUT2D eigenvalue weighted by atomic mass is 16.2. The second-order valence-electron chi connectivity index (χ2n) is 4.56. The van der Waals surface area contributed by atoms with Gasteiger partial charge >= 0.3 is 0 Å². The first-order valence-corrected chi connectivity index (χ1v) is 6.45. The summed E-state index contributed by atoms with van der Waals surface area (Å²) in [6.45, 7) is 9.08. The van der Waals surface area contributed by atoms with Crippen LogP contribution in [0.15, 0.2) is 0 Å². The Morgan fingerprint density at radius 2 is 1.81 bits per heavy atom. The Hall–Kier alpha value is -0.610. The summed E-state index contributed by atoms with van der Waals surface area (Å²) >= 11 is 0. The molecule has 4 nitrogen and oxygen atoms in total. The van der Waals surface area contributed by atoms with Gasteiger partial charge in [-0.1, -0.05) is 20.3 Å². The fourth-order valence-electron chi connectivity index (χ4n) is 2.18. The van der Waals surface area contributed by atoms with Gasteiger partial charge in [0.1, 0.15) is 0 Å². The number of nitrogens with two attached hydrogens (primary N) is 1. The van der Waals surface area contributed by atoms with Crippen molar-refractivity contribution in [2.45, 2.75) is 39.2 Å². The first-order valence-electron chi connectivity index (χ1n) is 6.45. The maximum atomic E-state index is 11.9. The van der Waals surface area contributed by atoms with E-state index in [9.17, 15) is 4.79 Å². The predicted molar refractivity (Wildman–Crippen MR) is 66.2 cm³/mol. The molecular weight excluding hydrogens is 202 g/mol. The molecule has 1 rings (SSSR count). The molecule has 0 saturated carbocycles. The summed E-state index contributed by atoms with van der Waals surface area (Å²) in [6, 6.07) is -0.289. The van der Waals surface area contributed by atoms with Gasteiger partial charge in [-0.25, -0.2) is 0 Å². The lowest BCUT2D eigenvalue weighted by Gasteiger charge is -2.35. The van der Waals surface area contributed by atoms with Gasteiger partial charge in [-0.05, 0) is 19.4 Å². The number of piperazine rings is 1. The minimum absolute atomic E-state index is 0.137. The average Bonchev–Trinajstić information content (AvgIpc) is 2.30. The zero-order valence-electron chi connectivity index (χ0n) is 10.6. The predicted octanol–water partition coefficient (Wildman–Crippen LogP) is 0.668. The molecule has 1 aliphatic heterocycles. The monoisotopic (exact) mass is 227 g/mol. The zero-order chi connectivity index (χ0) is 12.0. The van der Waals surface area contributed by atoms with Gasteiger partial charge in [0, 0.05) is 26.2 Å². The number of nitrogens with zero attached hydrogens (tertiary/aromatic N) is 2. The Morgan fingerprint density at radius 3 is 2.31 bits per heavy atom. The second-order valence-corrected chi connectivity index (χ2v) is 4.56. The fourth-order valence-corrected chi connectivity index (χ4v) is 2.18. The highest BCUT2D eigenvalue weighted by Gasteiger charge is 2.24. The number of carbonyl (C=O) groups excluding carboxylic acids is 1. The molecule has 0 radical (unpaired) electrons. The molecule has 1 fully saturated rings. The van der Waals surface area contributed by atoms with Crippen LogP contribution in [0.2, 0.25) is 0 Å². The molecule has 0 aliphatic carbocycles. The van der Waals surface area contributed by atoms with Crippen molar-refractivity contribution in [3.8, 4) is 0 Å². The minimum Gasteiger partial charge on any atom is -0.339 e. The molecule has 0 aromatic carbocycles. The van der Waals surface area contributed by atoms with E-state index in [-0.39, 0.29) is 11.9 Å². The molecule has 1 amide bonds. The SMILES string of the molecule is CCC[C@H](N)C(=O)N1CCN(CCC)CC1. The van der Waals surface area contributed by atoms with E-state index in [2.05, 4.69) is 18.7 Å². The Bertz CT molecular complexity index is 212. The van der Waals surface area contributed by atoms with E-state index in [4.69, 9.17) is 5.73 Å². The third kappa shape index (κ3) is 3.76. The van der Waals surface area contributed by atoms with Crippen LogP contribution in [0.3, 0.4) is 0 Å². The van der Waals surface area contributed by atoms with Gasteiger partial charge in [0.25, 0.3) is 0 Å². The van der Waals surface area contributed by atoms with Gasteiger partial charge in [0.2, 0.25) is 5.91 Å². The van der Waals surface area contributed by atoms with Crippen molar-refractivity contribution < 1.29 is 4.79 Å². The molecule has 94 valence electrons. The van der Waals surface area contributed by atoms with Gasteiger partial charge < -0.3 is 10.6 Å². The Morgan fingerprint density at radius 1 is 1.19 bits per heavy atom. The van der Waals surface area contributed by atoms with Gasteiger partial charge in [0.15, 0.2) is 0 Å². The van der Waals surface area contributed by atoms with E-state index < -0.39 is 0 Å². The van der Waals surface area contributed by atoms with E-state index >= 15 is 0 Å². The normalized spacial score (nSPS) is 19.8. The third-order valence-electron chi connectivity index (χ3n) is 3.14. The Balaban J connectivity index is 2.32. The number of hydrogen-bond donors (Lipinski definition) is 1. The average molecular weight is 227 g/mol. The molecule has 0 unspecified atom stereocenters. The topological polar surface area (TPSA) is 49.6 Å². The van der Waals surface area contributed by atoms with Crippen molar-refractivity contribution in [2.24, 2.45) is 5.73 Å². The molecule has 1 heterocycles. The summed E-state index contributed by atoms with van der Waals surface area (Å²) in [5.74, 6) is 0.137. The standard InChI is InChI=1S/C12H25N3O/c1-3-5-11(13)12(16)15-9-7-14(6-4-2)8-10-15/h11H,3-10,13H2,1-2H3/t11-/m0/s1. The van der Waals surface area contributed by atoms with Crippen LogP contribution in [0, 0.1) is 0 Å². The second kappa shape index (κ2) is 6.86. The minimum atomic E-state index is -0.289. The molecule has 2 N–H and O–H groups in total. The van der Waals surface area contributed by atoms with Gasteiger partial charge in [-0.3, -0.25) is 9.69 Å². The van der Waals surface area contributed by atoms with Crippen LogP contribution in [-0.2, 0) is 4.79 Å². The summed E-state index contributed by atoms with van der Waals surface area (Å²) in [4.78, 5) is 16.3. The molecule has 1 aliphatic rings. The summed E-state index contributed by atoms with van der Waals surface area (Å²) in [5, 5.41) is 0. The third-order valence-corrected chi connectivity index (χ3v) is 3.14. The maximum Gasteiger partial charge on any atom is 0.239 e. The quantitative estimate of drug-likeness (QED) is 0.751. The van der Waals surface area contributed by atoms with Crippen molar-refractivity contribution in [1.82, 2.24) is 9.80 Å². The Labute approximate surface area is 98.8 Å². The van der Waals surface area contributed by atoms with Crippen LogP contribution in [0.25, 0.3) is 0 Å². The van der Waals surface area contributed by atoms with Crippen LogP contribution in [0.4, 0.5) is 0 Å². The van der Waals surface area contributed by atoms with Gasteiger partial charge in [-0.2, -0.15) is 0 Å². The van der Waals surface area contributed by atoms with Crippen molar-refractivity contribution in [3.05, 3.63) is 0 Å². The maximum absolute atomic E-state index is 11.9. The van der Waals surface area contributed by atoms with Crippen molar-refractivity contribution >= 4 is 5.91 Å². The number of carbonyl (C=O) groups is 1. The summed E-state index contributed by atoms with van der Waals surface area (Å²) in [6.07, 6.45) is 2.96. The van der Waals surface area contributed by atoms with E-state index in [0.29, 0.717) is 0 Å². The molecule has 0 spiro atoms. The zero-order valence-corrected chi connectivity index (χ0v) is 10.6. The Kier molecular flexibility index (Phi) is 5.77. The first-order chi connectivity index (χ1) is 7.69. The van der Waals surface area contributed by atoms with Crippen molar-refractivity contribution in [1.29, 1.82) is 0 Å². The fraction of sp³-hybridized carbons (Fsp3) is 0.917. The van der Waals surface area contributed by atoms with Crippen LogP contribution in [0.5, 0.6) is 0 Å². The lowest BCUT2D eigenvalue weighted by Crippen LogP contribution is -2.53. The summed E-state index contributed by atoms with van der Waals surface area (Å²) in [5.41, 5.74) is 5.85. The summed E-state index contributed by atoms with van der Waals surface area (Å²) in [7, 11) is 0. The van der Waals surface area contributed by atoms with E-state index in [1.165, 1.54) is 6.42 Å². The van der Waals surface area contributed by atoms with Crippen molar-refractivity contribution in [3.63, 3.8) is 0 Å². The largest absolute Gasteiger partial charge is 0.339 e. The van der Waals surface area contributed by atoms with E-state index in [0.717, 1.165) is 45.6 Å². The lowest BCUT2D eigenvalue weighted by atomic mass is 10.1. The smallest absolute Gasteiger partial charge is 0.239 e. The lowest BCUT2D eigenvalue weighted by molar-refractivity contribution is -0.134. The van der Waals surface area contributed by atoms with E-state index in [1.54, 1.807) is 0 Å². The van der Waals surface area contributed by atoms with Crippen LogP contribution < -0.4 is 5.73 Å². The molecule has 0 aromatic heterocycles. The highest BCUT2D eigenvalue weighted by molar-refractivity contribution is 5.81. The molecule has 4 heteroatoms. The molecule has 0 aromatic rings. The molecular formula is C12H25N3O. The molecule has 16 heavy (non-hydrogen) atoms. The van der Waals surface area contributed by atoms with Crippen LogP contribution in [0.1, 0.15) is 33.1 Å². The van der Waals surface area contributed by atoms with Crippen LogP contribution in [-0.4, -0.2) is 54.5 Å². The van der Waals surface area contributed by atoms with Crippen LogP contribution >= 0.6 is 0 Å². The summed E-state index contributed by atoms with van der Waals surface area (Å²) < 4.78 is 0. The molecule has 1 saturated heterocycles. The van der Waals surface area contributed by atoms with E-state index in [1.807, 2.05) is 4.90 Å². The molecule has 1 atom stereocenters. The molecule has 0 bridgehead atoms. The van der Waals surface area contributed by atoms with Gasteiger partial charge in [0.05, 0.1) is 6.04 Å². The van der Waals surface area contributed by atoms with Crippen molar-refractivity contribution in [2.75, 3.05) is 32.7 Å². The number of rotatable bonds is 5. The number of amides is 1. The first kappa shape index (κ1) is 13.5. The number of hydrogen-bond acceptors (Lipinski definition) is 3. The van der Waals surface area contributed by atoms with Gasteiger partial charge in [-0.15, -0.1) is 0 Å².